The first-order chi connectivity index (χ1) is 15.2. The maximum atomic E-state index is 11.0. The van der Waals surface area contributed by atoms with Crippen LogP contribution in [0.15, 0.2) is 23.4 Å². The van der Waals surface area contributed by atoms with Crippen LogP contribution in [-0.2, 0) is 0 Å². The number of hydrogen-bond acceptors (Lipinski definition) is 5. The lowest BCUT2D eigenvalue weighted by molar-refractivity contribution is -0.384. The van der Waals surface area contributed by atoms with E-state index >= 15 is 0 Å². The lowest BCUT2D eigenvalue weighted by atomic mass is 9.45. The Morgan fingerprint density at radius 3 is 2.62 bits per heavy atom. The highest BCUT2D eigenvalue weighted by atomic mass is 16.6. The van der Waals surface area contributed by atoms with E-state index in [1.165, 1.54) is 44.2 Å². The number of nitro benzene ring substituents is 1. The minimum absolute atomic E-state index is 0.0751. The highest BCUT2D eigenvalue weighted by Crippen LogP contribution is 2.66. The summed E-state index contributed by atoms with van der Waals surface area (Å²) in [7, 11) is 0. The van der Waals surface area contributed by atoms with Crippen molar-refractivity contribution in [2.24, 2.45) is 39.7 Å². The Morgan fingerprint density at radius 1 is 1.09 bits per heavy atom. The van der Waals surface area contributed by atoms with E-state index in [2.05, 4.69) is 19.0 Å². The molecule has 0 amide bonds. The van der Waals surface area contributed by atoms with Crippen LogP contribution in [0, 0.1) is 51.5 Å². The van der Waals surface area contributed by atoms with Crippen LogP contribution in [-0.4, -0.2) is 21.8 Å². The first-order valence-corrected chi connectivity index (χ1v) is 12.4. The van der Waals surface area contributed by atoms with Gasteiger partial charge in [-0.15, -0.1) is 0 Å². The van der Waals surface area contributed by atoms with Gasteiger partial charge in [0.15, 0.2) is 5.75 Å². The molecule has 6 nitrogen and oxygen atoms in total. The van der Waals surface area contributed by atoms with Crippen molar-refractivity contribution in [3.05, 3.63) is 33.9 Å². The van der Waals surface area contributed by atoms with E-state index in [1.54, 1.807) is 6.07 Å². The summed E-state index contributed by atoms with van der Waals surface area (Å²) in [5.41, 5.74) is 2.43. The highest BCUT2D eigenvalue weighted by molar-refractivity contribution is 5.85. The van der Waals surface area contributed by atoms with E-state index in [9.17, 15) is 15.2 Å². The number of nitro groups is 1. The van der Waals surface area contributed by atoms with Crippen LogP contribution in [0.3, 0.4) is 0 Å². The fraction of sp³-hybridized carbons (Fsp3) is 0.731. The van der Waals surface area contributed by atoms with E-state index in [4.69, 9.17) is 4.84 Å². The number of non-ortho nitro benzene ring substituents is 1. The predicted molar refractivity (Wildman–Crippen MR) is 124 cm³/mol. The molecule has 0 bridgehead atoms. The van der Waals surface area contributed by atoms with E-state index in [-0.39, 0.29) is 22.1 Å². The van der Waals surface area contributed by atoms with Gasteiger partial charge < -0.3 is 9.94 Å². The molecule has 4 saturated carbocycles. The zero-order valence-corrected chi connectivity index (χ0v) is 19.5. The molecule has 0 radical (unpaired) electrons. The van der Waals surface area contributed by atoms with Crippen molar-refractivity contribution < 1.29 is 14.9 Å². The van der Waals surface area contributed by atoms with Gasteiger partial charge in [0, 0.05) is 17.7 Å². The van der Waals surface area contributed by atoms with Crippen molar-refractivity contribution in [1.29, 1.82) is 0 Å². The third kappa shape index (κ3) is 3.37. The largest absolute Gasteiger partial charge is 0.393 e. The minimum atomic E-state index is -0.388. The average Bonchev–Trinajstić information content (AvgIpc) is 3.07. The van der Waals surface area contributed by atoms with Crippen LogP contribution in [0.4, 0.5) is 5.69 Å². The molecule has 32 heavy (non-hydrogen) atoms. The smallest absolute Gasteiger partial charge is 0.269 e. The lowest BCUT2D eigenvalue weighted by Gasteiger charge is -2.60. The first-order valence-electron chi connectivity index (χ1n) is 12.4. The molecule has 0 heterocycles. The van der Waals surface area contributed by atoms with Gasteiger partial charge in [0.05, 0.1) is 16.7 Å². The van der Waals surface area contributed by atoms with Gasteiger partial charge in [-0.25, -0.2) is 0 Å². The van der Waals surface area contributed by atoms with Crippen molar-refractivity contribution in [2.45, 2.75) is 84.7 Å². The molecule has 6 heteroatoms. The molecule has 1 N–H and O–H groups in total. The molecule has 1 aromatic rings. The maximum absolute atomic E-state index is 11.0. The molecule has 5 rings (SSSR count). The van der Waals surface area contributed by atoms with Crippen LogP contribution in [0.5, 0.6) is 5.75 Å². The summed E-state index contributed by atoms with van der Waals surface area (Å²) in [5.74, 6) is 3.46. The number of aliphatic hydroxyl groups is 1. The van der Waals surface area contributed by atoms with E-state index < -0.39 is 0 Å². The van der Waals surface area contributed by atoms with Gasteiger partial charge in [0.2, 0.25) is 0 Å². The van der Waals surface area contributed by atoms with Crippen LogP contribution < -0.4 is 4.84 Å². The number of aryl methyl sites for hydroxylation is 1. The molecule has 4 aliphatic carbocycles. The molecule has 0 saturated heterocycles. The van der Waals surface area contributed by atoms with Gasteiger partial charge in [-0.2, -0.15) is 0 Å². The molecule has 0 aliphatic heterocycles. The monoisotopic (exact) mass is 440 g/mol. The Hall–Kier alpha value is -1.95. The number of benzene rings is 1. The van der Waals surface area contributed by atoms with Crippen molar-refractivity contribution in [3.8, 4) is 5.75 Å². The van der Waals surface area contributed by atoms with Gasteiger partial charge in [-0.3, -0.25) is 10.1 Å². The maximum Gasteiger partial charge on any atom is 0.269 e. The van der Waals surface area contributed by atoms with Crippen LogP contribution >= 0.6 is 0 Å². The average molecular weight is 441 g/mol. The number of fused-ring (bicyclic) bond motifs is 5. The lowest BCUT2D eigenvalue weighted by Crippen LogP contribution is -2.54. The summed E-state index contributed by atoms with van der Waals surface area (Å²) in [6, 6.07) is 4.65. The molecule has 1 aromatic carbocycles. The molecule has 4 aliphatic rings. The molecular weight excluding hydrogens is 404 g/mol. The van der Waals surface area contributed by atoms with Crippen molar-refractivity contribution in [2.75, 3.05) is 0 Å². The fourth-order valence-corrected chi connectivity index (χ4v) is 8.08. The van der Waals surface area contributed by atoms with Crippen molar-refractivity contribution in [3.63, 3.8) is 0 Å². The fourth-order valence-electron chi connectivity index (χ4n) is 8.08. The third-order valence-electron chi connectivity index (χ3n) is 10.1. The second-order valence-electron chi connectivity index (χ2n) is 11.5. The molecule has 174 valence electrons. The molecule has 0 aromatic heterocycles. The molecule has 0 spiro atoms. The zero-order chi connectivity index (χ0) is 22.7. The predicted octanol–water partition coefficient (Wildman–Crippen LogP) is 6.04. The van der Waals surface area contributed by atoms with Crippen molar-refractivity contribution >= 4 is 11.4 Å². The number of rotatable bonds is 3. The summed E-state index contributed by atoms with van der Waals surface area (Å²) < 4.78 is 0. The second-order valence-corrected chi connectivity index (χ2v) is 11.5. The SMILES string of the molecule is Cc1cc([N+](=O)[O-])ccc1O/N=C1\CC[C@@]2(C)[C@@H](CC[C@@H]3[C@@H]2CC[C@]2(C)[C@@H](O)CC[C@@H]32)C1. The van der Waals surface area contributed by atoms with E-state index in [1.807, 2.05) is 6.92 Å². The second kappa shape index (κ2) is 7.82. The quantitative estimate of drug-likeness (QED) is 0.458. The number of nitrogens with zero attached hydrogens (tertiary/aromatic N) is 2. The molecular formula is C26H36N2O4. The summed E-state index contributed by atoms with van der Waals surface area (Å²) in [5, 5.41) is 26.1. The standard InChI is InChI=1S/C26H36N2O4/c1-16-14-19(28(30)31)5-8-23(16)32-27-18-10-12-25(2)17(15-18)4-6-20-21-7-9-24(29)26(21,3)13-11-22(20)25/h5,8,14,17,20-22,24,29H,4,6-7,9-13,15H2,1-3H3/b27-18+/t17-,20-,21-,22-,24-,25-,26-/m0/s1. The summed E-state index contributed by atoms with van der Waals surface area (Å²) in [6.45, 7) is 6.70. The van der Waals surface area contributed by atoms with Gasteiger partial charge in [0.1, 0.15) is 0 Å². The number of aliphatic hydroxyl groups excluding tert-OH is 1. The van der Waals surface area contributed by atoms with Gasteiger partial charge in [-0.1, -0.05) is 19.0 Å². The minimum Gasteiger partial charge on any atom is -0.393 e. The highest BCUT2D eigenvalue weighted by Gasteiger charge is 2.59. The Morgan fingerprint density at radius 2 is 1.88 bits per heavy atom. The van der Waals surface area contributed by atoms with Crippen LogP contribution in [0.25, 0.3) is 0 Å². The zero-order valence-electron chi connectivity index (χ0n) is 19.5. The Balaban J connectivity index is 1.28. The molecule has 7 atom stereocenters. The molecule has 0 unspecified atom stereocenters. The summed E-state index contributed by atoms with van der Waals surface area (Å²) in [4.78, 5) is 16.3. The molecule has 4 fully saturated rings. The van der Waals surface area contributed by atoms with Gasteiger partial charge >= 0.3 is 0 Å². The van der Waals surface area contributed by atoms with E-state index in [0.717, 1.165) is 48.8 Å². The number of oxime groups is 1. The summed E-state index contributed by atoms with van der Waals surface area (Å²) >= 11 is 0. The van der Waals surface area contributed by atoms with Crippen molar-refractivity contribution in [1.82, 2.24) is 0 Å². The van der Waals surface area contributed by atoms with Gasteiger partial charge in [0.25, 0.3) is 5.69 Å². The van der Waals surface area contributed by atoms with Gasteiger partial charge in [-0.05, 0) is 105 Å². The normalized spacial score (nSPS) is 42.1. The topological polar surface area (TPSA) is 85.0 Å². The Bertz CT molecular complexity index is 946. The Kier molecular flexibility index (Phi) is 5.35. The Labute approximate surface area is 190 Å². The summed E-state index contributed by atoms with van der Waals surface area (Å²) in [6.07, 6.45) is 10.2. The van der Waals surface area contributed by atoms with Crippen LogP contribution in [0.2, 0.25) is 0 Å². The van der Waals surface area contributed by atoms with Crippen LogP contribution in [0.1, 0.15) is 77.2 Å². The number of hydrogen-bond donors (Lipinski definition) is 1. The first kappa shape index (κ1) is 21.9. The van der Waals surface area contributed by atoms with E-state index in [0.29, 0.717) is 23.0 Å². The third-order valence-corrected chi connectivity index (χ3v) is 10.1.